The zero-order valence-corrected chi connectivity index (χ0v) is 12.9. The molecule has 0 bridgehead atoms. The van der Waals surface area contributed by atoms with Crippen molar-refractivity contribution in [1.29, 1.82) is 0 Å². The van der Waals surface area contributed by atoms with Crippen molar-refractivity contribution < 1.29 is 14.6 Å². The van der Waals surface area contributed by atoms with E-state index in [0.29, 0.717) is 18.7 Å². The van der Waals surface area contributed by atoms with Gasteiger partial charge in [0.15, 0.2) is 0 Å². The Kier molecular flexibility index (Phi) is 5.55. The van der Waals surface area contributed by atoms with Crippen LogP contribution in [-0.4, -0.2) is 17.6 Å². The zero-order chi connectivity index (χ0) is 15.9. The molecule has 2 rings (SSSR count). The van der Waals surface area contributed by atoms with Crippen molar-refractivity contribution in [3.63, 3.8) is 0 Å². The Morgan fingerprint density at radius 2 is 1.91 bits per heavy atom. The standard InChI is InChI=1S/C18H21NO3/c1-3-22-17-10-14(9-8-13(17)2)18(21)19-11-15-6-4-5-7-16(15)12-20/h4-10,20H,3,11-12H2,1-2H3,(H,19,21). The molecule has 2 N–H and O–H groups in total. The molecular weight excluding hydrogens is 278 g/mol. The summed E-state index contributed by atoms with van der Waals surface area (Å²) >= 11 is 0. The molecule has 0 aromatic heterocycles. The predicted octanol–water partition coefficient (Wildman–Crippen LogP) is 2.82. The van der Waals surface area contributed by atoms with Crippen LogP contribution in [0, 0.1) is 6.92 Å². The second-order valence-electron chi connectivity index (χ2n) is 5.02. The number of carbonyl (C=O) groups is 1. The van der Waals surface area contributed by atoms with Crippen LogP contribution in [-0.2, 0) is 13.2 Å². The van der Waals surface area contributed by atoms with Crippen molar-refractivity contribution in [1.82, 2.24) is 5.32 Å². The van der Waals surface area contributed by atoms with E-state index in [2.05, 4.69) is 5.32 Å². The van der Waals surface area contributed by atoms with E-state index in [9.17, 15) is 9.90 Å². The monoisotopic (exact) mass is 299 g/mol. The highest BCUT2D eigenvalue weighted by molar-refractivity contribution is 5.94. The van der Waals surface area contributed by atoms with E-state index in [-0.39, 0.29) is 12.5 Å². The number of aryl methyl sites for hydroxylation is 1. The molecule has 0 atom stereocenters. The average Bonchev–Trinajstić information content (AvgIpc) is 2.55. The Hall–Kier alpha value is -2.33. The number of carbonyl (C=O) groups excluding carboxylic acids is 1. The molecule has 0 aliphatic rings. The number of amides is 1. The Morgan fingerprint density at radius 3 is 2.59 bits per heavy atom. The summed E-state index contributed by atoms with van der Waals surface area (Å²) in [4.78, 5) is 12.3. The highest BCUT2D eigenvalue weighted by atomic mass is 16.5. The number of aliphatic hydroxyl groups is 1. The van der Waals surface area contributed by atoms with Gasteiger partial charge in [-0.15, -0.1) is 0 Å². The Morgan fingerprint density at radius 1 is 1.18 bits per heavy atom. The maximum absolute atomic E-state index is 12.3. The van der Waals surface area contributed by atoms with Crippen LogP contribution in [0.4, 0.5) is 0 Å². The molecule has 0 aliphatic heterocycles. The maximum Gasteiger partial charge on any atom is 0.251 e. The lowest BCUT2D eigenvalue weighted by atomic mass is 10.1. The smallest absolute Gasteiger partial charge is 0.251 e. The minimum absolute atomic E-state index is 0.0366. The number of hydrogen-bond donors (Lipinski definition) is 2. The van der Waals surface area contributed by atoms with Crippen LogP contribution in [0.3, 0.4) is 0 Å². The summed E-state index contributed by atoms with van der Waals surface area (Å²) in [5, 5.41) is 12.2. The second-order valence-corrected chi connectivity index (χ2v) is 5.02. The van der Waals surface area contributed by atoms with Gasteiger partial charge in [0.2, 0.25) is 0 Å². The van der Waals surface area contributed by atoms with Gasteiger partial charge in [-0.05, 0) is 42.7 Å². The minimum Gasteiger partial charge on any atom is -0.494 e. The Bertz CT molecular complexity index is 653. The van der Waals surface area contributed by atoms with Crippen LogP contribution in [0.2, 0.25) is 0 Å². The topological polar surface area (TPSA) is 58.6 Å². The molecule has 0 radical (unpaired) electrons. The predicted molar refractivity (Wildman–Crippen MR) is 85.9 cm³/mol. The molecular formula is C18H21NO3. The van der Waals surface area contributed by atoms with E-state index >= 15 is 0 Å². The van der Waals surface area contributed by atoms with Gasteiger partial charge in [0.25, 0.3) is 5.91 Å². The number of nitrogens with one attached hydrogen (secondary N) is 1. The molecule has 0 saturated heterocycles. The van der Waals surface area contributed by atoms with Crippen molar-refractivity contribution in [2.24, 2.45) is 0 Å². The van der Waals surface area contributed by atoms with E-state index in [0.717, 1.165) is 22.4 Å². The molecule has 0 unspecified atom stereocenters. The molecule has 0 fully saturated rings. The Balaban J connectivity index is 2.08. The number of ether oxygens (including phenoxy) is 1. The van der Waals surface area contributed by atoms with Gasteiger partial charge in [0, 0.05) is 12.1 Å². The van der Waals surface area contributed by atoms with E-state index in [1.54, 1.807) is 12.1 Å². The van der Waals surface area contributed by atoms with Crippen molar-refractivity contribution in [3.8, 4) is 5.75 Å². The summed E-state index contributed by atoms with van der Waals surface area (Å²) in [6.07, 6.45) is 0. The molecule has 4 nitrogen and oxygen atoms in total. The van der Waals surface area contributed by atoms with E-state index in [4.69, 9.17) is 4.74 Å². The zero-order valence-electron chi connectivity index (χ0n) is 12.9. The maximum atomic E-state index is 12.3. The number of rotatable bonds is 6. The first-order chi connectivity index (χ1) is 10.7. The molecule has 0 spiro atoms. The van der Waals surface area contributed by atoms with Crippen LogP contribution in [0.25, 0.3) is 0 Å². The third-order valence-electron chi connectivity index (χ3n) is 3.48. The first-order valence-electron chi connectivity index (χ1n) is 7.35. The number of benzene rings is 2. The fourth-order valence-electron chi connectivity index (χ4n) is 2.21. The fraction of sp³-hybridized carbons (Fsp3) is 0.278. The van der Waals surface area contributed by atoms with Gasteiger partial charge in [-0.25, -0.2) is 0 Å². The SMILES string of the molecule is CCOc1cc(C(=O)NCc2ccccc2CO)ccc1C. The number of aliphatic hydroxyl groups excluding tert-OH is 1. The van der Waals surface area contributed by atoms with E-state index < -0.39 is 0 Å². The summed E-state index contributed by atoms with van der Waals surface area (Å²) in [5.41, 5.74) is 3.30. The summed E-state index contributed by atoms with van der Waals surface area (Å²) in [7, 11) is 0. The third kappa shape index (κ3) is 3.86. The lowest BCUT2D eigenvalue weighted by Crippen LogP contribution is -2.23. The van der Waals surface area contributed by atoms with Gasteiger partial charge in [-0.2, -0.15) is 0 Å². The molecule has 0 heterocycles. The highest BCUT2D eigenvalue weighted by Gasteiger charge is 2.09. The Labute approximate surface area is 130 Å². The van der Waals surface area contributed by atoms with Crippen molar-refractivity contribution in [3.05, 3.63) is 64.7 Å². The molecule has 2 aromatic rings. The fourth-order valence-corrected chi connectivity index (χ4v) is 2.21. The minimum atomic E-state index is -0.159. The van der Waals surface area contributed by atoms with Gasteiger partial charge in [0.05, 0.1) is 13.2 Å². The molecule has 0 saturated carbocycles. The lowest BCUT2D eigenvalue weighted by Gasteiger charge is -2.11. The molecule has 116 valence electrons. The lowest BCUT2D eigenvalue weighted by molar-refractivity contribution is 0.0950. The van der Waals surface area contributed by atoms with Crippen molar-refractivity contribution >= 4 is 5.91 Å². The summed E-state index contributed by atoms with van der Waals surface area (Å²) in [6, 6.07) is 12.9. The molecule has 1 amide bonds. The molecule has 22 heavy (non-hydrogen) atoms. The number of hydrogen-bond acceptors (Lipinski definition) is 3. The van der Waals surface area contributed by atoms with Gasteiger partial charge in [-0.3, -0.25) is 4.79 Å². The van der Waals surface area contributed by atoms with Crippen LogP contribution in [0.5, 0.6) is 5.75 Å². The van der Waals surface area contributed by atoms with Crippen LogP contribution < -0.4 is 10.1 Å². The molecule has 2 aromatic carbocycles. The van der Waals surface area contributed by atoms with Gasteiger partial charge in [-0.1, -0.05) is 30.3 Å². The van der Waals surface area contributed by atoms with Crippen LogP contribution in [0.15, 0.2) is 42.5 Å². The van der Waals surface area contributed by atoms with Crippen molar-refractivity contribution in [2.45, 2.75) is 27.0 Å². The largest absolute Gasteiger partial charge is 0.494 e. The normalized spacial score (nSPS) is 10.3. The summed E-state index contributed by atoms with van der Waals surface area (Å²) in [5.74, 6) is 0.569. The quantitative estimate of drug-likeness (QED) is 0.862. The van der Waals surface area contributed by atoms with Gasteiger partial charge < -0.3 is 15.2 Å². The second kappa shape index (κ2) is 7.61. The van der Waals surface area contributed by atoms with Gasteiger partial charge in [0.1, 0.15) is 5.75 Å². The first-order valence-corrected chi connectivity index (χ1v) is 7.35. The van der Waals surface area contributed by atoms with Gasteiger partial charge >= 0.3 is 0 Å². The first kappa shape index (κ1) is 16.0. The van der Waals surface area contributed by atoms with Crippen LogP contribution in [0.1, 0.15) is 34.0 Å². The molecule has 0 aliphatic carbocycles. The van der Waals surface area contributed by atoms with E-state index in [1.165, 1.54) is 0 Å². The summed E-state index contributed by atoms with van der Waals surface area (Å²) < 4.78 is 5.51. The van der Waals surface area contributed by atoms with Crippen molar-refractivity contribution in [2.75, 3.05) is 6.61 Å². The molecule has 4 heteroatoms. The summed E-state index contributed by atoms with van der Waals surface area (Å²) in [6.45, 7) is 4.77. The van der Waals surface area contributed by atoms with E-state index in [1.807, 2.05) is 44.2 Å². The third-order valence-corrected chi connectivity index (χ3v) is 3.48. The van der Waals surface area contributed by atoms with Crippen LogP contribution >= 0.6 is 0 Å². The highest BCUT2D eigenvalue weighted by Crippen LogP contribution is 2.19. The average molecular weight is 299 g/mol.